The first kappa shape index (κ1) is 16.3. The fourth-order valence-corrected chi connectivity index (χ4v) is 3.39. The quantitative estimate of drug-likeness (QED) is 0.809. The molecule has 7 nitrogen and oxygen atoms in total. The Morgan fingerprint density at radius 1 is 1.46 bits per heavy atom. The molecule has 2 aromatic rings. The molecular weight excluding hydrogens is 330 g/mol. The molecule has 24 heavy (non-hydrogen) atoms. The molecule has 0 unspecified atom stereocenters. The molecule has 2 N–H and O–H groups in total. The zero-order valence-corrected chi connectivity index (χ0v) is 14.1. The molecule has 1 fully saturated rings. The maximum absolute atomic E-state index is 12.6. The normalized spacial score (nSPS) is 21.7. The average Bonchev–Trinajstić information content (AvgIpc) is 3.26. The maximum Gasteiger partial charge on any atom is 0.325 e. The lowest BCUT2D eigenvalue weighted by atomic mass is 9.95. The number of imide groups is 1. The Morgan fingerprint density at radius 3 is 2.88 bits per heavy atom. The number of carbonyl (C=O) groups is 3. The van der Waals surface area contributed by atoms with Crippen molar-refractivity contribution >= 4 is 29.2 Å². The second-order valence-electron chi connectivity index (χ2n) is 5.76. The molecule has 0 saturated carbocycles. The Bertz CT molecular complexity index is 756. The number of nitrogens with one attached hydrogen (secondary N) is 2. The van der Waals surface area contributed by atoms with E-state index in [4.69, 9.17) is 4.42 Å². The van der Waals surface area contributed by atoms with Crippen LogP contribution in [0.5, 0.6) is 0 Å². The SMILES string of the molecule is C[C@@H](NC(=O)CN1C(=O)N[C@@](C)(c2ccsc2)C1=O)c1ccco1. The number of rotatable bonds is 5. The van der Waals surface area contributed by atoms with Crippen LogP contribution in [0, 0.1) is 0 Å². The lowest BCUT2D eigenvalue weighted by Gasteiger charge is -2.20. The van der Waals surface area contributed by atoms with E-state index in [2.05, 4.69) is 10.6 Å². The number of hydrogen-bond donors (Lipinski definition) is 2. The number of furan rings is 1. The smallest absolute Gasteiger partial charge is 0.325 e. The van der Waals surface area contributed by atoms with Crippen molar-refractivity contribution in [3.05, 3.63) is 46.5 Å². The van der Waals surface area contributed by atoms with Crippen molar-refractivity contribution in [2.45, 2.75) is 25.4 Å². The van der Waals surface area contributed by atoms with Crippen LogP contribution in [0.1, 0.15) is 31.2 Å². The fraction of sp³-hybridized carbons (Fsp3) is 0.312. The molecule has 2 aromatic heterocycles. The van der Waals surface area contributed by atoms with Crippen molar-refractivity contribution < 1.29 is 18.8 Å². The predicted molar refractivity (Wildman–Crippen MR) is 87.2 cm³/mol. The van der Waals surface area contributed by atoms with Gasteiger partial charge in [0.2, 0.25) is 5.91 Å². The minimum Gasteiger partial charge on any atom is -0.467 e. The van der Waals surface area contributed by atoms with Crippen molar-refractivity contribution in [2.75, 3.05) is 6.54 Å². The summed E-state index contributed by atoms with van der Waals surface area (Å²) in [6.45, 7) is 3.06. The Hall–Kier alpha value is -2.61. The summed E-state index contributed by atoms with van der Waals surface area (Å²) in [5, 5.41) is 9.01. The third kappa shape index (κ3) is 2.80. The molecule has 1 aliphatic heterocycles. The molecule has 4 amide bonds. The van der Waals surface area contributed by atoms with Gasteiger partial charge in [-0.15, -0.1) is 0 Å². The monoisotopic (exact) mass is 347 g/mol. The van der Waals surface area contributed by atoms with Gasteiger partial charge in [-0.3, -0.25) is 14.5 Å². The molecule has 1 aliphatic rings. The largest absolute Gasteiger partial charge is 0.467 e. The molecule has 1 saturated heterocycles. The van der Waals surface area contributed by atoms with E-state index in [1.54, 1.807) is 37.4 Å². The molecule has 0 radical (unpaired) electrons. The number of hydrogen-bond acceptors (Lipinski definition) is 5. The van der Waals surface area contributed by atoms with E-state index in [9.17, 15) is 14.4 Å². The van der Waals surface area contributed by atoms with Crippen LogP contribution in [0.15, 0.2) is 39.6 Å². The summed E-state index contributed by atoms with van der Waals surface area (Å²) in [4.78, 5) is 37.9. The first-order chi connectivity index (χ1) is 11.4. The van der Waals surface area contributed by atoms with Gasteiger partial charge in [0.1, 0.15) is 17.8 Å². The molecule has 2 atom stereocenters. The van der Waals surface area contributed by atoms with Gasteiger partial charge in [-0.2, -0.15) is 11.3 Å². The topological polar surface area (TPSA) is 91.7 Å². The van der Waals surface area contributed by atoms with Gasteiger partial charge in [0.15, 0.2) is 0 Å². The zero-order valence-electron chi connectivity index (χ0n) is 13.2. The third-order valence-corrected chi connectivity index (χ3v) is 4.71. The van der Waals surface area contributed by atoms with Crippen molar-refractivity contribution in [1.29, 1.82) is 0 Å². The Labute approximate surface area is 142 Å². The summed E-state index contributed by atoms with van der Waals surface area (Å²) in [6.07, 6.45) is 1.52. The minimum atomic E-state index is -1.13. The number of urea groups is 1. The molecule has 8 heteroatoms. The Morgan fingerprint density at radius 2 is 2.25 bits per heavy atom. The van der Waals surface area contributed by atoms with Crippen LogP contribution in [0.4, 0.5) is 4.79 Å². The number of carbonyl (C=O) groups excluding carboxylic acids is 3. The van der Waals surface area contributed by atoms with E-state index >= 15 is 0 Å². The van der Waals surface area contributed by atoms with Gasteiger partial charge in [-0.1, -0.05) is 0 Å². The highest BCUT2D eigenvalue weighted by molar-refractivity contribution is 7.08. The lowest BCUT2D eigenvalue weighted by molar-refractivity contribution is -0.135. The van der Waals surface area contributed by atoms with Crippen LogP contribution in [-0.4, -0.2) is 29.3 Å². The number of amides is 4. The summed E-state index contributed by atoms with van der Waals surface area (Å²) in [5.74, 6) is -0.271. The molecule has 0 aliphatic carbocycles. The van der Waals surface area contributed by atoms with E-state index in [1.165, 1.54) is 17.6 Å². The van der Waals surface area contributed by atoms with Gasteiger partial charge in [-0.05, 0) is 48.4 Å². The average molecular weight is 347 g/mol. The molecular formula is C16H17N3O4S. The van der Waals surface area contributed by atoms with Crippen LogP contribution >= 0.6 is 11.3 Å². The van der Waals surface area contributed by atoms with Gasteiger partial charge in [0.05, 0.1) is 12.3 Å². The fourth-order valence-electron chi connectivity index (χ4n) is 2.62. The summed E-state index contributed by atoms with van der Waals surface area (Å²) < 4.78 is 5.22. The minimum absolute atomic E-state index is 0.338. The van der Waals surface area contributed by atoms with Gasteiger partial charge >= 0.3 is 6.03 Å². The van der Waals surface area contributed by atoms with Crippen LogP contribution in [-0.2, 0) is 15.1 Å². The van der Waals surface area contributed by atoms with Crippen LogP contribution in [0.25, 0.3) is 0 Å². The Kier molecular flexibility index (Phi) is 4.15. The number of nitrogens with zero attached hydrogens (tertiary/aromatic N) is 1. The summed E-state index contributed by atoms with van der Waals surface area (Å²) in [5.41, 5.74) is -0.429. The van der Waals surface area contributed by atoms with Crippen LogP contribution in [0.3, 0.4) is 0 Å². The lowest BCUT2D eigenvalue weighted by Crippen LogP contribution is -2.43. The standard InChI is InChI=1S/C16H17N3O4S/c1-10(12-4-3-6-23-12)17-13(20)8-19-14(21)16(2,18-15(19)22)11-5-7-24-9-11/h3-7,9-10H,8H2,1-2H3,(H,17,20)(H,18,22)/t10-,16+/m1/s1. The molecule has 0 aromatic carbocycles. The summed E-state index contributed by atoms with van der Waals surface area (Å²) >= 11 is 1.44. The van der Waals surface area contributed by atoms with E-state index < -0.39 is 23.4 Å². The molecule has 3 heterocycles. The number of thiophene rings is 1. The molecule has 3 rings (SSSR count). The van der Waals surface area contributed by atoms with E-state index in [0.717, 1.165) is 4.90 Å². The van der Waals surface area contributed by atoms with E-state index in [1.807, 2.05) is 5.38 Å². The first-order valence-electron chi connectivity index (χ1n) is 7.41. The molecule has 0 spiro atoms. The van der Waals surface area contributed by atoms with Crippen molar-refractivity contribution in [3.8, 4) is 0 Å². The Balaban J connectivity index is 1.68. The van der Waals surface area contributed by atoms with Crippen LogP contribution in [0.2, 0.25) is 0 Å². The van der Waals surface area contributed by atoms with Crippen LogP contribution < -0.4 is 10.6 Å². The van der Waals surface area contributed by atoms with Gasteiger partial charge in [0, 0.05) is 0 Å². The highest BCUT2D eigenvalue weighted by Gasteiger charge is 2.49. The van der Waals surface area contributed by atoms with E-state index in [-0.39, 0.29) is 12.6 Å². The second kappa shape index (κ2) is 6.12. The van der Waals surface area contributed by atoms with Crippen molar-refractivity contribution in [1.82, 2.24) is 15.5 Å². The molecule has 126 valence electrons. The van der Waals surface area contributed by atoms with Gasteiger partial charge in [0.25, 0.3) is 5.91 Å². The second-order valence-corrected chi connectivity index (χ2v) is 6.54. The van der Waals surface area contributed by atoms with Gasteiger partial charge < -0.3 is 15.1 Å². The molecule has 0 bridgehead atoms. The summed E-state index contributed by atoms with van der Waals surface area (Å²) in [7, 11) is 0. The van der Waals surface area contributed by atoms with Gasteiger partial charge in [-0.25, -0.2) is 4.79 Å². The summed E-state index contributed by atoms with van der Waals surface area (Å²) in [6, 6.07) is 4.32. The first-order valence-corrected chi connectivity index (χ1v) is 8.35. The van der Waals surface area contributed by atoms with Crippen molar-refractivity contribution in [3.63, 3.8) is 0 Å². The zero-order chi connectivity index (χ0) is 17.3. The predicted octanol–water partition coefficient (Wildman–Crippen LogP) is 1.99. The van der Waals surface area contributed by atoms with Crippen molar-refractivity contribution in [2.24, 2.45) is 0 Å². The highest BCUT2D eigenvalue weighted by Crippen LogP contribution is 2.30. The van der Waals surface area contributed by atoms with E-state index in [0.29, 0.717) is 11.3 Å². The highest BCUT2D eigenvalue weighted by atomic mass is 32.1. The maximum atomic E-state index is 12.6. The third-order valence-electron chi connectivity index (χ3n) is 4.02.